The Morgan fingerprint density at radius 1 is 1.30 bits per heavy atom. The third-order valence-electron chi connectivity index (χ3n) is 3.15. The molecule has 0 aliphatic rings. The molecule has 1 heterocycles. The standard InChI is InChI=1S/C15H26N4O/c1-5-7-8-9-16-14-10-13(18-12(4)19-14)15(20)17-11(3)6-2/h10-11H,5-9H2,1-4H3,(H,17,20)(H,16,18,19). The summed E-state index contributed by atoms with van der Waals surface area (Å²) in [6, 6.07) is 1.87. The fourth-order valence-corrected chi connectivity index (χ4v) is 1.77. The molecular weight excluding hydrogens is 252 g/mol. The molecule has 0 aliphatic carbocycles. The van der Waals surface area contributed by atoms with Gasteiger partial charge >= 0.3 is 0 Å². The Balaban J connectivity index is 2.67. The number of aromatic nitrogens is 2. The average molecular weight is 278 g/mol. The molecule has 1 aromatic heterocycles. The molecule has 0 aromatic carbocycles. The summed E-state index contributed by atoms with van der Waals surface area (Å²) < 4.78 is 0. The summed E-state index contributed by atoms with van der Waals surface area (Å²) in [5.41, 5.74) is 0.427. The Kier molecular flexibility index (Phi) is 6.98. The first-order chi connectivity index (χ1) is 9.56. The average Bonchev–Trinajstić information content (AvgIpc) is 2.42. The minimum Gasteiger partial charge on any atom is -0.370 e. The maximum Gasteiger partial charge on any atom is 0.270 e. The molecule has 5 heteroatoms. The van der Waals surface area contributed by atoms with Crippen LogP contribution in [0, 0.1) is 6.92 Å². The zero-order chi connectivity index (χ0) is 15.0. The molecule has 1 amide bonds. The predicted molar refractivity (Wildman–Crippen MR) is 82.0 cm³/mol. The van der Waals surface area contributed by atoms with Crippen molar-refractivity contribution in [2.24, 2.45) is 0 Å². The number of amides is 1. The topological polar surface area (TPSA) is 66.9 Å². The number of nitrogens with one attached hydrogen (secondary N) is 2. The van der Waals surface area contributed by atoms with E-state index < -0.39 is 0 Å². The van der Waals surface area contributed by atoms with Crippen molar-refractivity contribution in [1.29, 1.82) is 0 Å². The highest BCUT2D eigenvalue weighted by Gasteiger charge is 2.12. The van der Waals surface area contributed by atoms with Crippen molar-refractivity contribution >= 4 is 11.7 Å². The molecular formula is C15H26N4O. The van der Waals surface area contributed by atoms with E-state index in [0.29, 0.717) is 11.5 Å². The Bertz CT molecular complexity index is 434. The summed E-state index contributed by atoms with van der Waals surface area (Å²) >= 11 is 0. The zero-order valence-corrected chi connectivity index (χ0v) is 13.0. The maximum absolute atomic E-state index is 12.1. The molecule has 0 bridgehead atoms. The molecule has 5 nitrogen and oxygen atoms in total. The number of nitrogens with zero attached hydrogens (tertiary/aromatic N) is 2. The van der Waals surface area contributed by atoms with E-state index in [1.165, 1.54) is 12.8 Å². The highest BCUT2D eigenvalue weighted by Crippen LogP contribution is 2.08. The van der Waals surface area contributed by atoms with Gasteiger partial charge in [0.05, 0.1) is 0 Å². The second kappa shape index (κ2) is 8.51. The first kappa shape index (κ1) is 16.4. The number of rotatable bonds is 8. The van der Waals surface area contributed by atoms with Gasteiger partial charge in [0.15, 0.2) is 0 Å². The van der Waals surface area contributed by atoms with Crippen molar-refractivity contribution in [2.75, 3.05) is 11.9 Å². The van der Waals surface area contributed by atoms with Crippen molar-refractivity contribution in [3.05, 3.63) is 17.6 Å². The Morgan fingerprint density at radius 3 is 2.70 bits per heavy atom. The van der Waals surface area contributed by atoms with Crippen LogP contribution >= 0.6 is 0 Å². The molecule has 1 atom stereocenters. The molecule has 0 spiro atoms. The fraction of sp³-hybridized carbons (Fsp3) is 0.667. The first-order valence-corrected chi connectivity index (χ1v) is 7.47. The molecule has 0 radical (unpaired) electrons. The third-order valence-corrected chi connectivity index (χ3v) is 3.15. The van der Waals surface area contributed by atoms with Crippen LogP contribution in [0.5, 0.6) is 0 Å². The van der Waals surface area contributed by atoms with Gasteiger partial charge in [-0.05, 0) is 26.7 Å². The molecule has 20 heavy (non-hydrogen) atoms. The number of carbonyl (C=O) groups excluding carboxylic acids is 1. The van der Waals surface area contributed by atoms with E-state index >= 15 is 0 Å². The molecule has 1 aromatic rings. The minimum atomic E-state index is -0.138. The van der Waals surface area contributed by atoms with E-state index in [2.05, 4.69) is 27.5 Å². The smallest absolute Gasteiger partial charge is 0.270 e. The van der Waals surface area contributed by atoms with Crippen LogP contribution < -0.4 is 10.6 Å². The fourth-order valence-electron chi connectivity index (χ4n) is 1.77. The molecule has 0 saturated carbocycles. The highest BCUT2D eigenvalue weighted by molar-refractivity contribution is 5.93. The van der Waals surface area contributed by atoms with Crippen LogP contribution in [0.2, 0.25) is 0 Å². The van der Waals surface area contributed by atoms with E-state index in [9.17, 15) is 4.79 Å². The van der Waals surface area contributed by atoms with Crippen LogP contribution in [0.25, 0.3) is 0 Å². The van der Waals surface area contributed by atoms with Gasteiger partial charge < -0.3 is 10.6 Å². The van der Waals surface area contributed by atoms with Crippen molar-refractivity contribution in [3.8, 4) is 0 Å². The second-order valence-electron chi connectivity index (χ2n) is 5.10. The van der Waals surface area contributed by atoms with Gasteiger partial charge in [0, 0.05) is 18.7 Å². The molecule has 1 rings (SSSR count). The van der Waals surface area contributed by atoms with E-state index in [-0.39, 0.29) is 11.9 Å². The largest absolute Gasteiger partial charge is 0.370 e. The quantitative estimate of drug-likeness (QED) is 0.717. The van der Waals surface area contributed by atoms with E-state index in [1.807, 2.05) is 13.8 Å². The number of hydrogen-bond acceptors (Lipinski definition) is 4. The van der Waals surface area contributed by atoms with Crippen LogP contribution in [0.4, 0.5) is 5.82 Å². The molecule has 0 aliphatic heterocycles. The van der Waals surface area contributed by atoms with Crippen molar-refractivity contribution in [1.82, 2.24) is 15.3 Å². The van der Waals surface area contributed by atoms with E-state index in [1.54, 1.807) is 13.0 Å². The lowest BCUT2D eigenvalue weighted by Crippen LogP contribution is -2.32. The SMILES string of the molecule is CCCCCNc1cc(C(=O)NC(C)CC)nc(C)n1. The Hall–Kier alpha value is -1.65. The summed E-state index contributed by atoms with van der Waals surface area (Å²) in [6.07, 6.45) is 4.39. The van der Waals surface area contributed by atoms with Crippen LogP contribution in [0.1, 0.15) is 62.8 Å². The monoisotopic (exact) mass is 278 g/mol. The van der Waals surface area contributed by atoms with Crippen molar-refractivity contribution < 1.29 is 4.79 Å². The van der Waals surface area contributed by atoms with Gasteiger partial charge in [-0.3, -0.25) is 4.79 Å². The van der Waals surface area contributed by atoms with Gasteiger partial charge in [0.2, 0.25) is 0 Å². The summed E-state index contributed by atoms with van der Waals surface area (Å²) in [7, 11) is 0. The number of hydrogen-bond donors (Lipinski definition) is 2. The number of anilines is 1. The lowest BCUT2D eigenvalue weighted by Gasteiger charge is -2.12. The molecule has 112 valence electrons. The molecule has 0 fully saturated rings. The predicted octanol–water partition coefficient (Wildman–Crippen LogP) is 2.92. The number of carbonyl (C=O) groups is 1. The number of unbranched alkanes of at least 4 members (excludes halogenated alkanes) is 2. The van der Waals surface area contributed by atoms with Crippen LogP contribution in [0.15, 0.2) is 6.07 Å². The van der Waals surface area contributed by atoms with Crippen LogP contribution in [-0.4, -0.2) is 28.5 Å². The van der Waals surface area contributed by atoms with E-state index in [0.717, 1.165) is 25.2 Å². The van der Waals surface area contributed by atoms with Gasteiger partial charge in [0.25, 0.3) is 5.91 Å². The lowest BCUT2D eigenvalue weighted by molar-refractivity contribution is 0.0934. The number of aryl methyl sites for hydroxylation is 1. The van der Waals surface area contributed by atoms with Gasteiger partial charge in [-0.25, -0.2) is 9.97 Å². The zero-order valence-electron chi connectivity index (χ0n) is 13.0. The maximum atomic E-state index is 12.1. The van der Waals surface area contributed by atoms with Gasteiger partial charge in [-0.2, -0.15) is 0 Å². The first-order valence-electron chi connectivity index (χ1n) is 7.47. The molecule has 1 unspecified atom stereocenters. The highest BCUT2D eigenvalue weighted by atomic mass is 16.1. The Morgan fingerprint density at radius 2 is 2.05 bits per heavy atom. The van der Waals surface area contributed by atoms with E-state index in [4.69, 9.17) is 0 Å². The molecule has 2 N–H and O–H groups in total. The summed E-state index contributed by atoms with van der Waals surface area (Å²) in [6.45, 7) is 8.87. The summed E-state index contributed by atoms with van der Waals surface area (Å²) in [5, 5.41) is 6.17. The van der Waals surface area contributed by atoms with Gasteiger partial charge in [-0.15, -0.1) is 0 Å². The second-order valence-corrected chi connectivity index (χ2v) is 5.10. The van der Waals surface area contributed by atoms with Crippen molar-refractivity contribution in [2.45, 2.75) is 59.4 Å². The summed E-state index contributed by atoms with van der Waals surface area (Å²) in [5.74, 6) is 1.20. The van der Waals surface area contributed by atoms with Crippen molar-refractivity contribution in [3.63, 3.8) is 0 Å². The third kappa shape index (κ3) is 5.55. The normalized spacial score (nSPS) is 12.0. The summed E-state index contributed by atoms with van der Waals surface area (Å²) in [4.78, 5) is 20.6. The van der Waals surface area contributed by atoms with Gasteiger partial charge in [0.1, 0.15) is 17.3 Å². The van der Waals surface area contributed by atoms with Gasteiger partial charge in [-0.1, -0.05) is 26.7 Å². The van der Waals surface area contributed by atoms with Crippen LogP contribution in [0.3, 0.4) is 0 Å². The Labute approximate surface area is 121 Å². The minimum absolute atomic E-state index is 0.138. The lowest BCUT2D eigenvalue weighted by atomic mass is 10.2. The van der Waals surface area contributed by atoms with Crippen LogP contribution in [-0.2, 0) is 0 Å². The molecule has 0 saturated heterocycles.